The van der Waals surface area contributed by atoms with Gasteiger partial charge in [0.25, 0.3) is 0 Å². The summed E-state index contributed by atoms with van der Waals surface area (Å²) in [4.78, 5) is 18.7. The normalized spacial score (nSPS) is 26.7. The van der Waals surface area contributed by atoms with E-state index in [-0.39, 0.29) is 5.91 Å². The number of hydrogen-bond acceptors (Lipinski definition) is 5. The zero-order valence-corrected chi connectivity index (χ0v) is 15.7. The molecule has 2 atom stereocenters. The first-order chi connectivity index (χ1) is 12.1. The van der Waals surface area contributed by atoms with E-state index in [1.165, 1.54) is 29.8 Å². The first-order valence-electron chi connectivity index (χ1n) is 9.45. The van der Waals surface area contributed by atoms with Crippen molar-refractivity contribution in [1.29, 1.82) is 5.26 Å². The van der Waals surface area contributed by atoms with Gasteiger partial charge < -0.3 is 5.32 Å². The average molecular weight is 359 g/mol. The first-order valence-corrected chi connectivity index (χ1v) is 10.3. The van der Waals surface area contributed by atoms with Crippen LogP contribution in [0.5, 0.6) is 0 Å². The first kappa shape index (κ1) is 17.0. The summed E-state index contributed by atoms with van der Waals surface area (Å²) in [6.07, 6.45) is 5.68. The second kappa shape index (κ2) is 7.06. The Morgan fingerprint density at radius 3 is 3.08 bits per heavy atom. The fourth-order valence-corrected chi connectivity index (χ4v) is 5.90. The highest BCUT2D eigenvalue weighted by Crippen LogP contribution is 2.39. The Morgan fingerprint density at radius 1 is 1.36 bits per heavy atom. The van der Waals surface area contributed by atoms with Crippen molar-refractivity contribution in [2.24, 2.45) is 5.92 Å². The summed E-state index contributed by atoms with van der Waals surface area (Å²) in [5, 5.41) is 13.4. The van der Waals surface area contributed by atoms with Gasteiger partial charge in [-0.05, 0) is 50.1 Å². The number of carbonyl (C=O) groups excluding carboxylic acids is 1. The number of rotatable bonds is 3. The minimum absolute atomic E-state index is 0.0228. The minimum atomic E-state index is 0.0228. The molecule has 0 unspecified atom stereocenters. The Kier molecular flexibility index (Phi) is 4.81. The lowest BCUT2D eigenvalue weighted by Gasteiger charge is -2.37. The zero-order chi connectivity index (χ0) is 17.4. The molecule has 6 heteroatoms. The third kappa shape index (κ3) is 3.46. The number of amides is 1. The van der Waals surface area contributed by atoms with Crippen LogP contribution in [0.1, 0.15) is 42.2 Å². The molecule has 1 amide bonds. The van der Waals surface area contributed by atoms with E-state index in [0.29, 0.717) is 24.1 Å². The van der Waals surface area contributed by atoms with Gasteiger partial charge in [0.05, 0.1) is 12.1 Å². The molecular weight excluding hydrogens is 332 g/mol. The van der Waals surface area contributed by atoms with Gasteiger partial charge in [-0.25, -0.2) is 0 Å². The number of fused-ring (bicyclic) bond motifs is 2. The van der Waals surface area contributed by atoms with Crippen molar-refractivity contribution in [2.75, 3.05) is 38.0 Å². The molecule has 0 spiro atoms. The van der Waals surface area contributed by atoms with Crippen LogP contribution in [0.2, 0.25) is 0 Å². The summed E-state index contributed by atoms with van der Waals surface area (Å²) in [7, 11) is 0. The molecule has 0 bridgehead atoms. The van der Waals surface area contributed by atoms with Gasteiger partial charge >= 0.3 is 0 Å². The fraction of sp³-hybridized carbons (Fsp3) is 0.684. The third-order valence-electron chi connectivity index (χ3n) is 5.92. The topological polar surface area (TPSA) is 59.4 Å². The van der Waals surface area contributed by atoms with E-state index in [1.54, 1.807) is 11.3 Å². The fourth-order valence-electron chi connectivity index (χ4n) is 4.53. The van der Waals surface area contributed by atoms with Gasteiger partial charge in [0.2, 0.25) is 5.91 Å². The second-order valence-corrected chi connectivity index (χ2v) is 8.89. The van der Waals surface area contributed by atoms with E-state index in [1.807, 2.05) is 0 Å². The number of nitrogens with zero attached hydrogens (tertiary/aromatic N) is 3. The molecule has 0 saturated carbocycles. The van der Waals surface area contributed by atoms with Gasteiger partial charge in [-0.1, -0.05) is 6.92 Å². The van der Waals surface area contributed by atoms with Crippen molar-refractivity contribution in [3.8, 4) is 6.07 Å². The summed E-state index contributed by atoms with van der Waals surface area (Å²) < 4.78 is 0. The maximum Gasteiger partial charge on any atom is 0.239 e. The molecule has 1 aromatic rings. The van der Waals surface area contributed by atoms with Gasteiger partial charge in [-0.3, -0.25) is 14.6 Å². The Bertz CT molecular complexity index is 707. The predicted molar refractivity (Wildman–Crippen MR) is 99.9 cm³/mol. The number of anilines is 1. The maximum absolute atomic E-state index is 12.5. The second-order valence-electron chi connectivity index (χ2n) is 7.78. The van der Waals surface area contributed by atoms with Crippen molar-refractivity contribution < 1.29 is 4.79 Å². The molecule has 3 aliphatic rings. The number of thiophene rings is 1. The van der Waals surface area contributed by atoms with E-state index < -0.39 is 0 Å². The molecule has 134 valence electrons. The van der Waals surface area contributed by atoms with Crippen molar-refractivity contribution in [3.63, 3.8) is 0 Å². The molecule has 0 radical (unpaired) electrons. The highest BCUT2D eigenvalue weighted by molar-refractivity contribution is 7.16. The zero-order valence-electron chi connectivity index (χ0n) is 14.9. The predicted octanol–water partition coefficient (Wildman–Crippen LogP) is 2.46. The molecule has 5 nitrogen and oxygen atoms in total. The van der Waals surface area contributed by atoms with Gasteiger partial charge in [-0.15, -0.1) is 11.3 Å². The Labute approximate surface area is 153 Å². The average Bonchev–Trinajstić information content (AvgIpc) is 3.17. The van der Waals surface area contributed by atoms with Crippen LogP contribution < -0.4 is 5.32 Å². The maximum atomic E-state index is 12.5. The third-order valence-corrected chi connectivity index (χ3v) is 7.08. The van der Waals surface area contributed by atoms with Crippen LogP contribution in [0.15, 0.2) is 0 Å². The summed E-state index contributed by atoms with van der Waals surface area (Å²) >= 11 is 1.61. The molecule has 3 heterocycles. The van der Waals surface area contributed by atoms with Crippen LogP contribution >= 0.6 is 11.3 Å². The molecule has 2 fully saturated rings. The Balaban J connectivity index is 1.40. The van der Waals surface area contributed by atoms with Gasteiger partial charge in [0, 0.05) is 30.6 Å². The van der Waals surface area contributed by atoms with Crippen molar-refractivity contribution in [1.82, 2.24) is 9.80 Å². The lowest BCUT2D eigenvalue weighted by molar-refractivity contribution is -0.117. The quantitative estimate of drug-likeness (QED) is 0.902. The van der Waals surface area contributed by atoms with Crippen molar-refractivity contribution in [3.05, 3.63) is 16.0 Å². The number of nitriles is 1. The molecule has 4 rings (SSSR count). The number of piperazine rings is 1. The van der Waals surface area contributed by atoms with Gasteiger partial charge in [-0.2, -0.15) is 5.26 Å². The largest absolute Gasteiger partial charge is 0.315 e. The summed E-state index contributed by atoms with van der Waals surface area (Å²) in [5.74, 6) is 0.693. The van der Waals surface area contributed by atoms with Gasteiger partial charge in [0.1, 0.15) is 11.1 Å². The van der Waals surface area contributed by atoms with Crippen LogP contribution in [0, 0.1) is 17.2 Å². The van der Waals surface area contributed by atoms with E-state index in [4.69, 9.17) is 0 Å². The molecule has 0 aromatic carbocycles. The molecular formula is C19H26N4OS. The molecule has 2 aliphatic heterocycles. The standard InChI is InChI=1S/C19H26N4OS/c1-13-4-5-15-16(10-20)19(25-17(15)9-13)21-18(24)12-22-7-8-23-6-2-3-14(23)11-22/h13-14H,2-9,11-12H2,1H3,(H,21,24)/t13-,14-/m1/s1. The van der Waals surface area contributed by atoms with Crippen LogP contribution in [0.3, 0.4) is 0 Å². The van der Waals surface area contributed by atoms with E-state index in [9.17, 15) is 10.1 Å². The summed E-state index contributed by atoms with van der Waals surface area (Å²) in [6.45, 7) is 6.95. The monoisotopic (exact) mass is 358 g/mol. The molecule has 1 aromatic heterocycles. The van der Waals surface area contributed by atoms with E-state index in [2.05, 4.69) is 28.1 Å². The summed E-state index contributed by atoms with van der Waals surface area (Å²) in [5.41, 5.74) is 1.89. The van der Waals surface area contributed by atoms with Crippen LogP contribution in [-0.2, 0) is 17.6 Å². The number of nitrogens with one attached hydrogen (secondary N) is 1. The SMILES string of the molecule is C[C@@H]1CCc2c(sc(NC(=O)CN3CCN4CCC[C@@H]4C3)c2C#N)C1. The van der Waals surface area contributed by atoms with Gasteiger partial charge in [0.15, 0.2) is 0 Å². The van der Waals surface area contributed by atoms with Crippen LogP contribution in [0.25, 0.3) is 0 Å². The highest BCUT2D eigenvalue weighted by atomic mass is 32.1. The Morgan fingerprint density at radius 2 is 2.24 bits per heavy atom. The number of hydrogen-bond donors (Lipinski definition) is 1. The lowest BCUT2D eigenvalue weighted by Crippen LogP contribution is -2.51. The van der Waals surface area contributed by atoms with Crippen LogP contribution in [-0.4, -0.2) is 54.5 Å². The Hall–Kier alpha value is -1.42. The number of carbonyl (C=O) groups is 1. The molecule has 2 saturated heterocycles. The van der Waals surface area contributed by atoms with E-state index in [0.717, 1.165) is 43.9 Å². The van der Waals surface area contributed by atoms with Crippen LogP contribution in [0.4, 0.5) is 5.00 Å². The van der Waals surface area contributed by atoms with Crippen molar-refractivity contribution in [2.45, 2.75) is 45.1 Å². The molecule has 1 aliphatic carbocycles. The minimum Gasteiger partial charge on any atom is -0.315 e. The summed E-state index contributed by atoms with van der Waals surface area (Å²) in [6, 6.07) is 2.96. The smallest absolute Gasteiger partial charge is 0.239 e. The highest BCUT2D eigenvalue weighted by Gasteiger charge is 2.31. The molecule has 1 N–H and O–H groups in total. The van der Waals surface area contributed by atoms with Crippen molar-refractivity contribution >= 4 is 22.2 Å². The lowest BCUT2D eigenvalue weighted by atomic mass is 9.89. The molecule has 25 heavy (non-hydrogen) atoms. The van der Waals surface area contributed by atoms with E-state index >= 15 is 0 Å².